The molecule has 1 aliphatic heterocycles. The van der Waals surface area contributed by atoms with E-state index in [0.29, 0.717) is 11.5 Å². The fourth-order valence-electron chi connectivity index (χ4n) is 5.22. The molecule has 1 atom stereocenters. The minimum absolute atomic E-state index is 0.136. The number of amides is 1. The summed E-state index contributed by atoms with van der Waals surface area (Å²) < 4.78 is 16.9. The number of carbonyl (C=O) groups is 2. The van der Waals surface area contributed by atoms with Crippen LogP contribution in [0.4, 0.5) is 0 Å². The summed E-state index contributed by atoms with van der Waals surface area (Å²) >= 11 is 0. The standard InChI is InChI=1S/C35H31NO5/c1-39-31-21-20-28-24-36(34(37)32(26-16-8-4-9-17-26)27-18-10-5-11-19-27)30(35(38)40-2)23-29(28)33(31)41-22-12-15-25-13-6-3-7-14-25/h3-11,13-14,16-21,30,32H,22-24H2,1-2H3/t30-/m0/s1. The Morgan fingerprint density at radius 3 is 2.05 bits per heavy atom. The fourth-order valence-corrected chi connectivity index (χ4v) is 5.22. The van der Waals surface area contributed by atoms with Gasteiger partial charge in [0, 0.05) is 24.1 Å². The minimum atomic E-state index is -0.834. The average molecular weight is 546 g/mol. The molecule has 41 heavy (non-hydrogen) atoms. The topological polar surface area (TPSA) is 65.1 Å². The zero-order chi connectivity index (χ0) is 28.6. The lowest BCUT2D eigenvalue weighted by Gasteiger charge is -2.38. The Hall–Kier alpha value is -5.02. The van der Waals surface area contributed by atoms with E-state index in [1.807, 2.05) is 103 Å². The quantitative estimate of drug-likeness (QED) is 0.230. The van der Waals surface area contributed by atoms with Gasteiger partial charge in [0.05, 0.1) is 20.1 Å². The van der Waals surface area contributed by atoms with E-state index in [4.69, 9.17) is 14.2 Å². The van der Waals surface area contributed by atoms with Crippen molar-refractivity contribution in [2.24, 2.45) is 0 Å². The van der Waals surface area contributed by atoms with E-state index in [1.165, 1.54) is 7.11 Å². The van der Waals surface area contributed by atoms with E-state index >= 15 is 0 Å². The van der Waals surface area contributed by atoms with Gasteiger partial charge in [0.25, 0.3) is 0 Å². The Kier molecular flexibility index (Phi) is 8.66. The summed E-state index contributed by atoms with van der Waals surface area (Å²) in [7, 11) is 2.92. The van der Waals surface area contributed by atoms with E-state index < -0.39 is 17.9 Å². The average Bonchev–Trinajstić information content (AvgIpc) is 3.03. The third kappa shape index (κ3) is 6.10. The van der Waals surface area contributed by atoms with Crippen molar-refractivity contribution in [3.63, 3.8) is 0 Å². The smallest absolute Gasteiger partial charge is 0.328 e. The number of hydrogen-bond acceptors (Lipinski definition) is 5. The first kappa shape index (κ1) is 27.5. The van der Waals surface area contributed by atoms with Crippen LogP contribution in [0.5, 0.6) is 11.5 Å². The van der Waals surface area contributed by atoms with Gasteiger partial charge in [0.2, 0.25) is 5.91 Å². The van der Waals surface area contributed by atoms with Crippen molar-refractivity contribution in [3.05, 3.63) is 131 Å². The Balaban J connectivity index is 1.49. The summed E-state index contributed by atoms with van der Waals surface area (Å²) in [5, 5.41) is 0. The summed E-state index contributed by atoms with van der Waals surface area (Å²) in [6.45, 7) is 0.359. The molecule has 1 amide bonds. The molecule has 6 nitrogen and oxygen atoms in total. The second kappa shape index (κ2) is 12.9. The van der Waals surface area contributed by atoms with Crippen molar-refractivity contribution >= 4 is 11.9 Å². The van der Waals surface area contributed by atoms with Crippen LogP contribution in [0.3, 0.4) is 0 Å². The lowest BCUT2D eigenvalue weighted by molar-refractivity contribution is -0.154. The lowest BCUT2D eigenvalue weighted by atomic mass is 9.87. The van der Waals surface area contributed by atoms with Gasteiger partial charge in [-0.25, -0.2) is 4.79 Å². The van der Waals surface area contributed by atoms with Crippen molar-refractivity contribution < 1.29 is 23.8 Å². The van der Waals surface area contributed by atoms with Crippen LogP contribution in [0.2, 0.25) is 0 Å². The van der Waals surface area contributed by atoms with Crippen molar-refractivity contribution in [2.45, 2.75) is 24.9 Å². The minimum Gasteiger partial charge on any atom is -0.493 e. The van der Waals surface area contributed by atoms with Gasteiger partial charge in [-0.15, -0.1) is 0 Å². The summed E-state index contributed by atoms with van der Waals surface area (Å²) in [6, 6.07) is 31.8. The maximum absolute atomic E-state index is 14.3. The summed E-state index contributed by atoms with van der Waals surface area (Å²) in [4.78, 5) is 29.1. The monoisotopic (exact) mass is 545 g/mol. The second-order valence-corrected chi connectivity index (χ2v) is 9.65. The predicted octanol–water partition coefficient (Wildman–Crippen LogP) is 5.38. The first-order valence-electron chi connectivity index (χ1n) is 13.4. The lowest BCUT2D eigenvalue weighted by Crippen LogP contribution is -2.50. The number of rotatable bonds is 7. The molecule has 0 radical (unpaired) electrons. The largest absolute Gasteiger partial charge is 0.493 e. The van der Waals surface area contributed by atoms with E-state index in [9.17, 15) is 9.59 Å². The van der Waals surface area contributed by atoms with Crippen LogP contribution in [0.1, 0.15) is 33.7 Å². The molecule has 0 aromatic heterocycles. The van der Waals surface area contributed by atoms with Gasteiger partial charge in [-0.05, 0) is 34.9 Å². The van der Waals surface area contributed by atoms with Crippen molar-refractivity contribution in [1.82, 2.24) is 4.90 Å². The molecule has 0 spiro atoms. The molecule has 4 aromatic rings. The van der Waals surface area contributed by atoms with E-state index in [-0.39, 0.29) is 25.5 Å². The molecule has 0 saturated heterocycles. The summed E-state index contributed by atoms with van der Waals surface area (Å²) in [5.74, 6) is 5.97. The Morgan fingerprint density at radius 2 is 1.46 bits per heavy atom. The fraction of sp³-hybridized carbons (Fsp3) is 0.200. The van der Waals surface area contributed by atoms with Crippen molar-refractivity contribution in [3.8, 4) is 23.3 Å². The third-order valence-electron chi connectivity index (χ3n) is 7.22. The maximum Gasteiger partial charge on any atom is 0.328 e. The van der Waals surface area contributed by atoms with Crippen LogP contribution in [0.15, 0.2) is 103 Å². The number of nitrogens with zero attached hydrogens (tertiary/aromatic N) is 1. The summed E-state index contributed by atoms with van der Waals surface area (Å²) in [5.41, 5.74) is 4.29. The first-order chi connectivity index (χ1) is 20.1. The SMILES string of the molecule is COC(=O)[C@@H]1Cc2c(ccc(OC)c2OCC#Cc2ccccc2)CN1C(=O)C(c1ccccc1)c1ccccc1. The van der Waals surface area contributed by atoms with Crippen LogP contribution >= 0.6 is 0 Å². The Labute approximate surface area is 240 Å². The van der Waals surface area contributed by atoms with Crippen LogP contribution in [0, 0.1) is 11.8 Å². The number of ether oxygens (including phenoxy) is 3. The number of hydrogen-bond donors (Lipinski definition) is 0. The highest BCUT2D eigenvalue weighted by Gasteiger charge is 2.40. The van der Waals surface area contributed by atoms with Crippen LogP contribution in [-0.4, -0.2) is 43.6 Å². The van der Waals surface area contributed by atoms with Gasteiger partial charge >= 0.3 is 5.97 Å². The molecule has 1 aliphatic rings. The number of esters is 1. The molecule has 6 heteroatoms. The molecule has 0 bridgehead atoms. The highest BCUT2D eigenvalue weighted by Crippen LogP contribution is 2.40. The van der Waals surface area contributed by atoms with E-state index in [2.05, 4.69) is 11.8 Å². The Morgan fingerprint density at radius 1 is 0.854 bits per heavy atom. The molecule has 1 heterocycles. The molecule has 4 aromatic carbocycles. The Bertz CT molecular complexity index is 1520. The van der Waals surface area contributed by atoms with Gasteiger partial charge < -0.3 is 19.1 Å². The van der Waals surface area contributed by atoms with Gasteiger partial charge in [0.1, 0.15) is 12.6 Å². The zero-order valence-corrected chi connectivity index (χ0v) is 23.1. The predicted molar refractivity (Wildman–Crippen MR) is 157 cm³/mol. The highest BCUT2D eigenvalue weighted by atomic mass is 16.5. The molecule has 0 fully saturated rings. The molecular formula is C35H31NO5. The van der Waals surface area contributed by atoms with Crippen molar-refractivity contribution in [1.29, 1.82) is 0 Å². The molecule has 0 N–H and O–H groups in total. The van der Waals surface area contributed by atoms with Crippen LogP contribution in [-0.2, 0) is 27.3 Å². The highest BCUT2D eigenvalue weighted by molar-refractivity contribution is 5.92. The van der Waals surface area contributed by atoms with Gasteiger partial charge in [-0.3, -0.25) is 4.79 Å². The number of methoxy groups -OCH3 is 2. The van der Waals surface area contributed by atoms with Gasteiger partial charge in [0.15, 0.2) is 11.5 Å². The molecule has 0 saturated carbocycles. The van der Waals surface area contributed by atoms with E-state index in [1.54, 1.807) is 12.0 Å². The zero-order valence-electron chi connectivity index (χ0n) is 23.1. The number of carbonyl (C=O) groups excluding carboxylic acids is 2. The normalized spacial score (nSPS) is 13.9. The summed E-state index contributed by atoms with van der Waals surface area (Å²) in [6.07, 6.45) is 0.225. The van der Waals surface area contributed by atoms with Gasteiger partial charge in [-0.2, -0.15) is 0 Å². The number of benzene rings is 4. The van der Waals surface area contributed by atoms with Crippen LogP contribution < -0.4 is 9.47 Å². The first-order valence-corrected chi connectivity index (χ1v) is 13.4. The molecule has 206 valence electrons. The van der Waals surface area contributed by atoms with Crippen molar-refractivity contribution in [2.75, 3.05) is 20.8 Å². The molecule has 0 unspecified atom stereocenters. The molecule has 0 aliphatic carbocycles. The molecular weight excluding hydrogens is 514 g/mol. The van der Waals surface area contributed by atoms with E-state index in [0.717, 1.165) is 27.8 Å². The molecule has 5 rings (SSSR count). The van der Waals surface area contributed by atoms with Gasteiger partial charge in [-0.1, -0.05) is 96.8 Å². The third-order valence-corrected chi connectivity index (χ3v) is 7.22. The van der Waals surface area contributed by atoms with Crippen LogP contribution in [0.25, 0.3) is 0 Å². The maximum atomic E-state index is 14.3. The second-order valence-electron chi connectivity index (χ2n) is 9.65. The number of fused-ring (bicyclic) bond motifs is 1.